The third-order valence-corrected chi connectivity index (χ3v) is 2.40. The molecule has 0 nitrogen and oxygen atoms in total. The highest BCUT2D eigenvalue weighted by molar-refractivity contribution is 4.92. The normalized spacial score (nSPS) is 31.4. The van der Waals surface area contributed by atoms with Crippen molar-refractivity contribution in [3.05, 3.63) is 12.2 Å². The first-order chi connectivity index (χ1) is 4.88. The van der Waals surface area contributed by atoms with Crippen molar-refractivity contribution < 1.29 is 0 Å². The van der Waals surface area contributed by atoms with Crippen LogP contribution in [0.3, 0.4) is 0 Å². The van der Waals surface area contributed by atoms with Crippen LogP contribution in [0, 0.1) is 11.8 Å². The summed E-state index contributed by atoms with van der Waals surface area (Å²) in [5.41, 5.74) is 0. The summed E-state index contributed by atoms with van der Waals surface area (Å²) in [6.07, 6.45) is 10.1. The van der Waals surface area contributed by atoms with Crippen molar-refractivity contribution in [2.45, 2.75) is 39.5 Å². The lowest BCUT2D eigenvalue weighted by molar-refractivity contribution is 0.637. The zero-order chi connectivity index (χ0) is 7.40. The van der Waals surface area contributed by atoms with Crippen LogP contribution in [-0.2, 0) is 0 Å². The largest absolute Gasteiger partial charge is 0.0917 e. The standard InChI is InChI=1S/C10H18/c1-3-5-7-10-8-9(10)6-4-2/h3,5,9-10H,4,6-8H2,1-2H3. The highest BCUT2D eigenvalue weighted by Gasteiger charge is 2.34. The van der Waals surface area contributed by atoms with E-state index in [1.165, 1.54) is 25.7 Å². The fourth-order valence-corrected chi connectivity index (χ4v) is 1.63. The summed E-state index contributed by atoms with van der Waals surface area (Å²) in [5.74, 6) is 2.14. The van der Waals surface area contributed by atoms with Gasteiger partial charge < -0.3 is 0 Å². The molecule has 0 heteroatoms. The van der Waals surface area contributed by atoms with Crippen LogP contribution < -0.4 is 0 Å². The van der Waals surface area contributed by atoms with Crippen molar-refractivity contribution in [1.29, 1.82) is 0 Å². The summed E-state index contributed by atoms with van der Waals surface area (Å²) in [7, 11) is 0. The molecule has 2 atom stereocenters. The van der Waals surface area contributed by atoms with Gasteiger partial charge in [-0.2, -0.15) is 0 Å². The third-order valence-electron chi connectivity index (χ3n) is 2.40. The summed E-state index contributed by atoms with van der Waals surface area (Å²) < 4.78 is 0. The molecule has 0 bridgehead atoms. The monoisotopic (exact) mass is 138 g/mol. The Morgan fingerprint density at radius 2 is 2.20 bits per heavy atom. The molecule has 0 N–H and O–H groups in total. The van der Waals surface area contributed by atoms with E-state index < -0.39 is 0 Å². The lowest BCUT2D eigenvalue weighted by Gasteiger charge is -1.91. The van der Waals surface area contributed by atoms with E-state index in [-0.39, 0.29) is 0 Å². The molecule has 0 aromatic rings. The van der Waals surface area contributed by atoms with Gasteiger partial charge in [0.1, 0.15) is 0 Å². The molecule has 0 spiro atoms. The van der Waals surface area contributed by atoms with Gasteiger partial charge in [0, 0.05) is 0 Å². The summed E-state index contributed by atoms with van der Waals surface area (Å²) in [6, 6.07) is 0. The zero-order valence-electron chi connectivity index (χ0n) is 7.14. The topological polar surface area (TPSA) is 0 Å². The molecule has 0 aliphatic heterocycles. The van der Waals surface area contributed by atoms with Crippen molar-refractivity contribution in [2.24, 2.45) is 11.8 Å². The van der Waals surface area contributed by atoms with Gasteiger partial charge in [0.15, 0.2) is 0 Å². The summed E-state index contributed by atoms with van der Waals surface area (Å²) in [5, 5.41) is 0. The van der Waals surface area contributed by atoms with E-state index >= 15 is 0 Å². The average Bonchev–Trinajstić information content (AvgIpc) is 2.65. The quantitative estimate of drug-likeness (QED) is 0.522. The molecule has 1 aliphatic carbocycles. The third kappa shape index (κ3) is 2.17. The van der Waals surface area contributed by atoms with Crippen molar-refractivity contribution in [3.8, 4) is 0 Å². The zero-order valence-corrected chi connectivity index (χ0v) is 7.14. The Balaban J connectivity index is 2.02. The van der Waals surface area contributed by atoms with Gasteiger partial charge in [-0.1, -0.05) is 31.9 Å². The van der Waals surface area contributed by atoms with Crippen molar-refractivity contribution in [2.75, 3.05) is 0 Å². The molecule has 1 saturated carbocycles. The van der Waals surface area contributed by atoms with Crippen LogP contribution in [0.2, 0.25) is 0 Å². The van der Waals surface area contributed by atoms with Crippen LogP contribution in [-0.4, -0.2) is 0 Å². The molecule has 0 saturated heterocycles. The number of allylic oxidation sites excluding steroid dienone is 2. The Kier molecular flexibility index (Phi) is 2.98. The minimum atomic E-state index is 1.05. The maximum absolute atomic E-state index is 2.31. The molecule has 2 unspecified atom stereocenters. The van der Waals surface area contributed by atoms with E-state index in [1.807, 2.05) is 0 Å². The van der Waals surface area contributed by atoms with Crippen LogP contribution in [0.1, 0.15) is 39.5 Å². The molecule has 58 valence electrons. The molecular formula is C10H18. The summed E-state index contributed by atoms with van der Waals surface area (Å²) >= 11 is 0. The van der Waals surface area contributed by atoms with E-state index in [1.54, 1.807) is 0 Å². The van der Waals surface area contributed by atoms with Crippen LogP contribution in [0.25, 0.3) is 0 Å². The predicted octanol–water partition coefficient (Wildman–Crippen LogP) is 3.39. The molecule has 1 rings (SSSR count). The molecule has 0 heterocycles. The second kappa shape index (κ2) is 3.80. The maximum Gasteiger partial charge on any atom is -0.0320 e. The maximum atomic E-state index is 2.31. The molecule has 0 aromatic carbocycles. The Labute approximate surface area is 64.3 Å². The van der Waals surface area contributed by atoms with Crippen molar-refractivity contribution in [1.82, 2.24) is 0 Å². The Morgan fingerprint density at radius 3 is 2.80 bits per heavy atom. The van der Waals surface area contributed by atoms with Crippen molar-refractivity contribution >= 4 is 0 Å². The number of rotatable bonds is 4. The van der Waals surface area contributed by atoms with Crippen LogP contribution >= 0.6 is 0 Å². The van der Waals surface area contributed by atoms with Crippen molar-refractivity contribution in [3.63, 3.8) is 0 Å². The predicted molar refractivity (Wildman–Crippen MR) is 45.9 cm³/mol. The van der Waals surface area contributed by atoms with Gasteiger partial charge in [-0.3, -0.25) is 0 Å². The van der Waals surface area contributed by atoms with E-state index in [9.17, 15) is 0 Å². The average molecular weight is 138 g/mol. The molecule has 10 heavy (non-hydrogen) atoms. The summed E-state index contributed by atoms with van der Waals surface area (Å²) in [4.78, 5) is 0. The smallest absolute Gasteiger partial charge is 0.0320 e. The Bertz CT molecular complexity index is 113. The molecule has 1 fully saturated rings. The van der Waals surface area contributed by atoms with Gasteiger partial charge in [0.2, 0.25) is 0 Å². The highest BCUT2D eigenvalue weighted by atomic mass is 14.4. The number of hydrogen-bond acceptors (Lipinski definition) is 0. The molecule has 1 aliphatic rings. The molecule has 0 aromatic heterocycles. The van der Waals surface area contributed by atoms with E-state index in [0.29, 0.717) is 0 Å². The minimum absolute atomic E-state index is 1.05. The van der Waals surface area contributed by atoms with E-state index in [2.05, 4.69) is 26.0 Å². The fourth-order valence-electron chi connectivity index (χ4n) is 1.63. The first-order valence-electron chi connectivity index (χ1n) is 4.49. The van der Waals surface area contributed by atoms with E-state index in [4.69, 9.17) is 0 Å². The first kappa shape index (κ1) is 7.84. The second-order valence-electron chi connectivity index (χ2n) is 3.35. The lowest BCUT2D eigenvalue weighted by atomic mass is 10.1. The minimum Gasteiger partial charge on any atom is -0.0917 e. The molecule has 0 amide bonds. The molecule has 0 radical (unpaired) electrons. The first-order valence-corrected chi connectivity index (χ1v) is 4.49. The van der Waals surface area contributed by atoms with Gasteiger partial charge >= 0.3 is 0 Å². The van der Waals surface area contributed by atoms with Crippen LogP contribution in [0.4, 0.5) is 0 Å². The highest BCUT2D eigenvalue weighted by Crippen LogP contribution is 2.44. The van der Waals surface area contributed by atoms with Crippen LogP contribution in [0.15, 0.2) is 12.2 Å². The Morgan fingerprint density at radius 1 is 1.40 bits per heavy atom. The summed E-state index contributed by atoms with van der Waals surface area (Å²) in [6.45, 7) is 4.39. The molecular weight excluding hydrogens is 120 g/mol. The SMILES string of the molecule is CC=CCC1CC1CCC. The van der Waals surface area contributed by atoms with Gasteiger partial charge in [-0.25, -0.2) is 0 Å². The Hall–Kier alpha value is -0.260. The van der Waals surface area contributed by atoms with Gasteiger partial charge in [0.25, 0.3) is 0 Å². The fraction of sp³-hybridized carbons (Fsp3) is 0.800. The van der Waals surface area contributed by atoms with Crippen LogP contribution in [0.5, 0.6) is 0 Å². The second-order valence-corrected chi connectivity index (χ2v) is 3.35. The van der Waals surface area contributed by atoms with Gasteiger partial charge in [-0.15, -0.1) is 0 Å². The lowest BCUT2D eigenvalue weighted by Crippen LogP contribution is -1.79. The van der Waals surface area contributed by atoms with Gasteiger partial charge in [-0.05, 0) is 31.6 Å². The van der Waals surface area contributed by atoms with E-state index in [0.717, 1.165) is 11.8 Å². The number of hydrogen-bond donors (Lipinski definition) is 0. The van der Waals surface area contributed by atoms with Gasteiger partial charge in [0.05, 0.1) is 0 Å².